The van der Waals surface area contributed by atoms with Crippen LogP contribution in [0.4, 0.5) is 5.69 Å². The van der Waals surface area contributed by atoms with E-state index in [9.17, 15) is 14.4 Å². The Labute approximate surface area is 133 Å². The van der Waals surface area contributed by atoms with Gasteiger partial charge in [-0.15, -0.1) is 0 Å². The van der Waals surface area contributed by atoms with Gasteiger partial charge in [-0.1, -0.05) is 11.6 Å². The molecule has 1 atom stereocenters. The van der Waals surface area contributed by atoms with E-state index in [0.29, 0.717) is 11.6 Å². The molecule has 22 heavy (non-hydrogen) atoms. The number of amides is 2. The number of nitrogens with one attached hydrogen (secondary N) is 2. The van der Waals surface area contributed by atoms with Gasteiger partial charge in [0.2, 0.25) is 5.91 Å². The first kappa shape index (κ1) is 17.8. The Kier molecular flexibility index (Phi) is 6.65. The van der Waals surface area contributed by atoms with Crippen molar-refractivity contribution in [3.05, 3.63) is 28.8 Å². The van der Waals surface area contributed by atoms with E-state index >= 15 is 0 Å². The maximum absolute atomic E-state index is 11.8. The second-order valence-electron chi connectivity index (χ2n) is 4.49. The number of hydrogen-bond acceptors (Lipinski definition) is 5. The third-order valence-electron chi connectivity index (χ3n) is 2.69. The van der Waals surface area contributed by atoms with Crippen LogP contribution in [0.25, 0.3) is 0 Å². The number of hydrogen-bond donors (Lipinski definition) is 3. The first-order chi connectivity index (χ1) is 10.3. The van der Waals surface area contributed by atoms with Crippen molar-refractivity contribution >= 4 is 35.1 Å². The van der Waals surface area contributed by atoms with Crippen LogP contribution in [0, 0.1) is 0 Å². The number of benzene rings is 1. The maximum Gasteiger partial charge on any atom is 0.340 e. The molecule has 0 heterocycles. The summed E-state index contributed by atoms with van der Waals surface area (Å²) in [7, 11) is 0. The van der Waals surface area contributed by atoms with E-state index in [1.54, 1.807) is 6.92 Å². The monoisotopic (exact) mass is 327 g/mol. The number of likely N-dealkylation sites (N-methyl/N-ethyl adjacent to an activating group) is 1. The molecule has 0 unspecified atom stereocenters. The molecule has 7 nitrogen and oxygen atoms in total. The molecule has 1 aromatic rings. The van der Waals surface area contributed by atoms with Crippen molar-refractivity contribution in [2.45, 2.75) is 19.9 Å². The van der Waals surface area contributed by atoms with Gasteiger partial charge in [0.1, 0.15) is 6.04 Å². The number of carbonyl (C=O) groups is 3. The number of esters is 1. The van der Waals surface area contributed by atoms with Crippen molar-refractivity contribution in [2.75, 3.05) is 18.9 Å². The minimum Gasteiger partial charge on any atom is -0.452 e. The summed E-state index contributed by atoms with van der Waals surface area (Å²) in [6.07, 6.45) is 0. The fourth-order valence-corrected chi connectivity index (χ4v) is 1.76. The fourth-order valence-electron chi connectivity index (χ4n) is 1.59. The van der Waals surface area contributed by atoms with Gasteiger partial charge in [0.15, 0.2) is 6.61 Å². The van der Waals surface area contributed by atoms with E-state index in [1.165, 1.54) is 25.1 Å². The number of halogens is 1. The summed E-state index contributed by atoms with van der Waals surface area (Å²) in [6.45, 7) is 3.24. The van der Waals surface area contributed by atoms with Crippen LogP contribution in [0.5, 0.6) is 0 Å². The second kappa shape index (κ2) is 8.23. The van der Waals surface area contributed by atoms with Crippen molar-refractivity contribution in [3.63, 3.8) is 0 Å². The first-order valence-electron chi connectivity index (χ1n) is 6.64. The van der Waals surface area contributed by atoms with Crippen molar-refractivity contribution in [2.24, 2.45) is 0 Å². The molecule has 0 radical (unpaired) electrons. The van der Waals surface area contributed by atoms with E-state index in [0.717, 1.165) is 0 Å². The zero-order valence-corrected chi connectivity index (χ0v) is 13.1. The zero-order chi connectivity index (χ0) is 16.7. The van der Waals surface area contributed by atoms with E-state index in [-0.39, 0.29) is 17.2 Å². The Balaban J connectivity index is 2.52. The highest BCUT2D eigenvalue weighted by molar-refractivity contribution is 6.31. The summed E-state index contributed by atoms with van der Waals surface area (Å²) in [5, 5.41) is 5.30. The molecular weight excluding hydrogens is 310 g/mol. The lowest BCUT2D eigenvalue weighted by Crippen LogP contribution is -2.46. The standard InChI is InChI=1S/C14H18ClN3O4/c1-3-17-13(20)8(2)18-12(19)7-22-14(21)10-6-9(15)4-5-11(10)16/h4-6,8H,3,7,16H2,1-2H3,(H,17,20)(H,18,19)/t8-/m0/s1. The Hall–Kier alpha value is -2.28. The summed E-state index contributed by atoms with van der Waals surface area (Å²) < 4.78 is 4.84. The number of ether oxygens (including phenoxy) is 1. The van der Waals surface area contributed by atoms with Gasteiger partial charge in [0, 0.05) is 17.3 Å². The molecule has 0 fully saturated rings. The average Bonchev–Trinajstić information content (AvgIpc) is 2.47. The van der Waals surface area contributed by atoms with E-state index in [4.69, 9.17) is 22.1 Å². The van der Waals surface area contributed by atoms with Gasteiger partial charge >= 0.3 is 5.97 Å². The third kappa shape index (κ3) is 5.25. The lowest BCUT2D eigenvalue weighted by molar-refractivity contribution is -0.130. The van der Waals surface area contributed by atoms with Gasteiger partial charge in [-0.25, -0.2) is 4.79 Å². The Morgan fingerprint density at radius 1 is 1.36 bits per heavy atom. The number of anilines is 1. The molecule has 0 aliphatic rings. The van der Waals surface area contributed by atoms with Crippen LogP contribution in [-0.2, 0) is 14.3 Å². The number of carbonyl (C=O) groups excluding carboxylic acids is 3. The SMILES string of the molecule is CCNC(=O)[C@H](C)NC(=O)COC(=O)c1cc(Cl)ccc1N. The minimum absolute atomic E-state index is 0.0806. The summed E-state index contributed by atoms with van der Waals surface area (Å²) in [4.78, 5) is 34.9. The Bertz CT molecular complexity index is 577. The number of rotatable bonds is 6. The van der Waals surface area contributed by atoms with Crippen LogP contribution < -0.4 is 16.4 Å². The molecule has 1 rings (SSSR count). The molecule has 0 aliphatic heterocycles. The molecule has 0 saturated carbocycles. The van der Waals surface area contributed by atoms with Crippen molar-refractivity contribution in [1.82, 2.24) is 10.6 Å². The van der Waals surface area contributed by atoms with E-state index in [1.807, 2.05) is 0 Å². The predicted molar refractivity (Wildman–Crippen MR) is 82.4 cm³/mol. The molecular formula is C14H18ClN3O4. The Morgan fingerprint density at radius 2 is 2.05 bits per heavy atom. The van der Waals surface area contributed by atoms with Crippen LogP contribution in [0.15, 0.2) is 18.2 Å². The van der Waals surface area contributed by atoms with Gasteiger partial charge in [-0.05, 0) is 32.0 Å². The normalized spacial score (nSPS) is 11.4. The predicted octanol–water partition coefficient (Wildman–Crippen LogP) is 0.720. The summed E-state index contributed by atoms with van der Waals surface area (Å²) in [5.41, 5.74) is 5.92. The second-order valence-corrected chi connectivity index (χ2v) is 4.93. The van der Waals surface area contributed by atoms with Gasteiger partial charge in [0.25, 0.3) is 5.91 Å². The molecule has 4 N–H and O–H groups in total. The van der Waals surface area contributed by atoms with Crippen molar-refractivity contribution in [1.29, 1.82) is 0 Å². The molecule has 2 amide bonds. The maximum atomic E-state index is 11.8. The molecule has 0 spiro atoms. The van der Waals surface area contributed by atoms with E-state index in [2.05, 4.69) is 10.6 Å². The van der Waals surface area contributed by atoms with E-state index < -0.39 is 24.5 Å². The third-order valence-corrected chi connectivity index (χ3v) is 2.93. The number of nitrogens with two attached hydrogens (primary N) is 1. The number of nitrogen functional groups attached to an aromatic ring is 1. The largest absolute Gasteiger partial charge is 0.452 e. The molecule has 0 aliphatic carbocycles. The quantitative estimate of drug-likeness (QED) is 0.526. The smallest absolute Gasteiger partial charge is 0.340 e. The Morgan fingerprint density at radius 3 is 2.68 bits per heavy atom. The lowest BCUT2D eigenvalue weighted by atomic mass is 10.2. The van der Waals surface area contributed by atoms with Crippen LogP contribution in [0.1, 0.15) is 24.2 Å². The van der Waals surface area contributed by atoms with Crippen molar-refractivity contribution < 1.29 is 19.1 Å². The van der Waals surface area contributed by atoms with Gasteiger partial charge in [-0.3, -0.25) is 9.59 Å². The molecule has 8 heteroatoms. The molecule has 0 aromatic heterocycles. The van der Waals surface area contributed by atoms with Crippen LogP contribution >= 0.6 is 11.6 Å². The van der Waals surface area contributed by atoms with Crippen LogP contribution in [0.3, 0.4) is 0 Å². The molecule has 0 bridgehead atoms. The van der Waals surface area contributed by atoms with Gasteiger partial charge in [0.05, 0.1) is 5.56 Å². The summed E-state index contributed by atoms with van der Waals surface area (Å²) >= 11 is 5.77. The van der Waals surface area contributed by atoms with Crippen molar-refractivity contribution in [3.8, 4) is 0 Å². The van der Waals surface area contributed by atoms with Crippen LogP contribution in [0.2, 0.25) is 5.02 Å². The topological polar surface area (TPSA) is 111 Å². The van der Waals surface area contributed by atoms with Crippen LogP contribution in [-0.4, -0.2) is 37.0 Å². The molecule has 1 aromatic carbocycles. The lowest BCUT2D eigenvalue weighted by Gasteiger charge is -2.13. The highest BCUT2D eigenvalue weighted by Crippen LogP contribution is 2.18. The molecule has 120 valence electrons. The zero-order valence-electron chi connectivity index (χ0n) is 12.3. The minimum atomic E-state index is -0.763. The van der Waals surface area contributed by atoms with Gasteiger partial charge in [-0.2, -0.15) is 0 Å². The average molecular weight is 328 g/mol. The van der Waals surface area contributed by atoms with Gasteiger partial charge < -0.3 is 21.1 Å². The first-order valence-corrected chi connectivity index (χ1v) is 7.02. The fraction of sp³-hybridized carbons (Fsp3) is 0.357. The molecule has 0 saturated heterocycles. The summed E-state index contributed by atoms with van der Waals surface area (Å²) in [6, 6.07) is 3.64. The highest BCUT2D eigenvalue weighted by Gasteiger charge is 2.17. The highest BCUT2D eigenvalue weighted by atomic mass is 35.5. The summed E-state index contributed by atoms with van der Waals surface area (Å²) in [5.74, 6) is -1.67.